The Morgan fingerprint density at radius 2 is 2.18 bits per heavy atom. The Hall–Kier alpha value is -1.27. The van der Waals surface area contributed by atoms with Crippen molar-refractivity contribution in [2.24, 2.45) is 0 Å². The second kappa shape index (κ2) is 5.88. The molecule has 2 aromatic heterocycles. The van der Waals surface area contributed by atoms with E-state index >= 15 is 0 Å². The minimum atomic E-state index is 0.507. The zero-order valence-corrected chi connectivity index (χ0v) is 11.0. The summed E-state index contributed by atoms with van der Waals surface area (Å²) in [6.45, 7) is 0. The van der Waals surface area contributed by atoms with Crippen LogP contribution in [0.2, 0.25) is 0 Å². The summed E-state index contributed by atoms with van der Waals surface area (Å²) in [5, 5.41) is 1.58. The summed E-state index contributed by atoms with van der Waals surface area (Å²) in [5.74, 6) is 1.26. The van der Waals surface area contributed by atoms with Gasteiger partial charge in [0, 0.05) is 18.0 Å². The van der Waals surface area contributed by atoms with Crippen LogP contribution < -0.4 is 5.73 Å². The molecule has 0 saturated carbocycles. The van der Waals surface area contributed by atoms with Gasteiger partial charge < -0.3 is 5.73 Å². The van der Waals surface area contributed by atoms with Gasteiger partial charge in [-0.05, 0) is 18.4 Å². The molecule has 0 aliphatic rings. The molecule has 17 heavy (non-hydrogen) atoms. The highest BCUT2D eigenvalue weighted by Crippen LogP contribution is 2.22. The first-order valence-electron chi connectivity index (χ1n) is 4.99. The Labute approximate surface area is 108 Å². The first kappa shape index (κ1) is 12.2. The highest BCUT2D eigenvalue weighted by atomic mass is 32.2. The Morgan fingerprint density at radius 1 is 1.29 bits per heavy atom. The van der Waals surface area contributed by atoms with Crippen LogP contribution in [0.3, 0.4) is 0 Å². The molecule has 6 heteroatoms. The lowest BCUT2D eigenvalue weighted by molar-refractivity contribution is 0.899. The molecule has 0 unspecified atom stereocenters. The maximum atomic E-state index is 5.71. The highest BCUT2D eigenvalue weighted by molar-refractivity contribution is 7.99. The number of nitrogen functional groups attached to an aromatic ring is 1. The van der Waals surface area contributed by atoms with Gasteiger partial charge in [0.25, 0.3) is 0 Å². The van der Waals surface area contributed by atoms with Crippen LogP contribution in [-0.2, 0) is 5.75 Å². The fraction of sp³-hybridized carbons (Fsp3) is 0.182. The molecule has 0 fully saturated rings. The topological polar surface area (TPSA) is 64.7 Å². The lowest BCUT2D eigenvalue weighted by Crippen LogP contribution is -1.96. The fourth-order valence-electron chi connectivity index (χ4n) is 1.21. The fourth-order valence-corrected chi connectivity index (χ4v) is 2.47. The second-order valence-electron chi connectivity index (χ2n) is 3.23. The number of thioether (sulfide) groups is 2. The number of hydrogen-bond acceptors (Lipinski definition) is 6. The summed E-state index contributed by atoms with van der Waals surface area (Å²) in [5.41, 5.74) is 6.72. The van der Waals surface area contributed by atoms with E-state index in [2.05, 4.69) is 15.0 Å². The molecule has 0 aliphatic heterocycles. The highest BCUT2D eigenvalue weighted by Gasteiger charge is 2.03. The van der Waals surface area contributed by atoms with Gasteiger partial charge in [-0.1, -0.05) is 17.8 Å². The average molecular weight is 264 g/mol. The van der Waals surface area contributed by atoms with Crippen molar-refractivity contribution in [1.29, 1.82) is 0 Å². The van der Waals surface area contributed by atoms with Crippen molar-refractivity contribution >= 4 is 29.3 Å². The SMILES string of the molecule is CSc1cc(N)nc(SCc2ccccn2)n1. The monoisotopic (exact) mass is 264 g/mol. The lowest BCUT2D eigenvalue weighted by Gasteiger charge is -2.03. The van der Waals surface area contributed by atoms with Gasteiger partial charge in [-0.25, -0.2) is 9.97 Å². The van der Waals surface area contributed by atoms with Crippen molar-refractivity contribution < 1.29 is 0 Å². The Kier molecular flexibility index (Phi) is 4.22. The van der Waals surface area contributed by atoms with Crippen LogP contribution in [0, 0.1) is 0 Å². The third-order valence-corrected chi connectivity index (χ3v) is 3.49. The Morgan fingerprint density at radius 3 is 2.88 bits per heavy atom. The molecule has 0 aromatic carbocycles. The first-order chi connectivity index (χ1) is 8.28. The molecule has 0 saturated heterocycles. The van der Waals surface area contributed by atoms with E-state index in [0.717, 1.165) is 16.5 Å². The van der Waals surface area contributed by atoms with Crippen molar-refractivity contribution in [3.63, 3.8) is 0 Å². The van der Waals surface area contributed by atoms with E-state index in [1.54, 1.807) is 24.0 Å². The maximum absolute atomic E-state index is 5.71. The molecular weight excluding hydrogens is 252 g/mol. The van der Waals surface area contributed by atoms with E-state index in [9.17, 15) is 0 Å². The summed E-state index contributed by atoms with van der Waals surface area (Å²) in [6.07, 6.45) is 3.75. The van der Waals surface area contributed by atoms with Crippen molar-refractivity contribution in [3.8, 4) is 0 Å². The van der Waals surface area contributed by atoms with Gasteiger partial charge in [0.15, 0.2) is 5.16 Å². The van der Waals surface area contributed by atoms with Crippen LogP contribution in [0.4, 0.5) is 5.82 Å². The normalized spacial score (nSPS) is 10.4. The number of anilines is 1. The third kappa shape index (κ3) is 3.61. The molecule has 4 nitrogen and oxygen atoms in total. The van der Waals surface area contributed by atoms with Crippen molar-refractivity contribution in [2.45, 2.75) is 15.9 Å². The number of nitrogens with zero attached hydrogens (tertiary/aromatic N) is 3. The molecule has 2 heterocycles. The Bertz CT molecular complexity index is 490. The largest absolute Gasteiger partial charge is 0.384 e. The molecule has 2 rings (SSSR count). The number of rotatable bonds is 4. The number of pyridine rings is 1. The van der Waals surface area contributed by atoms with Gasteiger partial charge in [-0.2, -0.15) is 0 Å². The molecule has 0 spiro atoms. The predicted octanol–water partition coefficient (Wildman–Crippen LogP) is 2.47. The molecule has 0 radical (unpaired) electrons. The van der Waals surface area contributed by atoms with E-state index in [1.807, 2.05) is 24.5 Å². The summed E-state index contributed by atoms with van der Waals surface area (Å²) in [6, 6.07) is 7.62. The van der Waals surface area contributed by atoms with E-state index in [-0.39, 0.29) is 0 Å². The quantitative estimate of drug-likeness (QED) is 0.520. The summed E-state index contributed by atoms with van der Waals surface area (Å²) in [4.78, 5) is 12.8. The lowest BCUT2D eigenvalue weighted by atomic mass is 10.4. The van der Waals surface area contributed by atoms with Gasteiger partial charge in [-0.3, -0.25) is 4.98 Å². The number of aromatic nitrogens is 3. The van der Waals surface area contributed by atoms with E-state index in [0.29, 0.717) is 11.0 Å². The van der Waals surface area contributed by atoms with Gasteiger partial charge in [0.2, 0.25) is 0 Å². The molecule has 0 amide bonds. The number of nitrogens with two attached hydrogens (primary N) is 1. The smallest absolute Gasteiger partial charge is 0.190 e. The van der Waals surface area contributed by atoms with Crippen LogP contribution in [0.15, 0.2) is 40.6 Å². The maximum Gasteiger partial charge on any atom is 0.190 e. The van der Waals surface area contributed by atoms with Crippen molar-refractivity contribution in [1.82, 2.24) is 15.0 Å². The minimum absolute atomic E-state index is 0.507. The molecular formula is C11H12N4S2. The third-order valence-electron chi connectivity index (χ3n) is 1.99. The molecule has 2 aromatic rings. The molecule has 0 aliphatic carbocycles. The van der Waals surface area contributed by atoms with Crippen LogP contribution in [0.5, 0.6) is 0 Å². The van der Waals surface area contributed by atoms with Crippen LogP contribution in [-0.4, -0.2) is 21.2 Å². The number of hydrogen-bond donors (Lipinski definition) is 1. The summed E-state index contributed by atoms with van der Waals surface area (Å²) >= 11 is 3.10. The summed E-state index contributed by atoms with van der Waals surface area (Å²) in [7, 11) is 0. The van der Waals surface area contributed by atoms with Crippen molar-refractivity contribution in [3.05, 3.63) is 36.2 Å². The summed E-state index contributed by atoms with van der Waals surface area (Å²) < 4.78 is 0. The minimum Gasteiger partial charge on any atom is -0.384 e. The molecule has 2 N–H and O–H groups in total. The second-order valence-corrected chi connectivity index (χ2v) is 5.00. The first-order valence-corrected chi connectivity index (χ1v) is 7.20. The van der Waals surface area contributed by atoms with Gasteiger partial charge in [0.1, 0.15) is 10.8 Å². The van der Waals surface area contributed by atoms with E-state index < -0.39 is 0 Å². The molecule has 88 valence electrons. The van der Waals surface area contributed by atoms with Gasteiger partial charge in [-0.15, -0.1) is 11.8 Å². The van der Waals surface area contributed by atoms with Crippen LogP contribution in [0.25, 0.3) is 0 Å². The van der Waals surface area contributed by atoms with Crippen molar-refractivity contribution in [2.75, 3.05) is 12.0 Å². The zero-order valence-electron chi connectivity index (χ0n) is 9.33. The molecule has 0 atom stereocenters. The van der Waals surface area contributed by atoms with Gasteiger partial charge >= 0.3 is 0 Å². The standard InChI is InChI=1S/C11H12N4S2/c1-16-10-6-9(12)14-11(15-10)17-7-8-4-2-3-5-13-8/h2-6H,7H2,1H3,(H2,12,14,15). The van der Waals surface area contributed by atoms with Crippen LogP contribution in [0.1, 0.15) is 5.69 Å². The Balaban J connectivity index is 2.06. The van der Waals surface area contributed by atoms with E-state index in [4.69, 9.17) is 5.73 Å². The van der Waals surface area contributed by atoms with Crippen LogP contribution >= 0.6 is 23.5 Å². The van der Waals surface area contributed by atoms with E-state index in [1.165, 1.54) is 11.8 Å². The predicted molar refractivity (Wildman–Crippen MR) is 72.0 cm³/mol. The zero-order chi connectivity index (χ0) is 12.1. The average Bonchev–Trinajstić information content (AvgIpc) is 2.37. The molecule has 0 bridgehead atoms. The van der Waals surface area contributed by atoms with Gasteiger partial charge in [0.05, 0.1) is 5.69 Å².